The summed E-state index contributed by atoms with van der Waals surface area (Å²) < 4.78 is 0. The van der Waals surface area contributed by atoms with Gasteiger partial charge in [-0.25, -0.2) is 4.98 Å². The Morgan fingerprint density at radius 1 is 1.57 bits per heavy atom. The summed E-state index contributed by atoms with van der Waals surface area (Å²) >= 11 is 7.89. The van der Waals surface area contributed by atoms with Crippen LogP contribution in [-0.2, 0) is 0 Å². The maximum Gasteiger partial charge on any atom is 0.264 e. The second-order valence-corrected chi connectivity index (χ2v) is 6.74. The van der Waals surface area contributed by atoms with Gasteiger partial charge in [0.1, 0.15) is 15.9 Å². The number of hydrogen-bond donors (Lipinski definition) is 3. The van der Waals surface area contributed by atoms with Crippen molar-refractivity contribution in [1.29, 1.82) is 0 Å². The molecule has 112 valence electrons. The normalized spacial score (nSPS) is 11.9. The number of carbonyl (C=O) groups excluding carboxylic acids is 1. The highest BCUT2D eigenvalue weighted by atomic mass is 32.1. The van der Waals surface area contributed by atoms with Crippen molar-refractivity contribution in [2.24, 2.45) is 5.73 Å². The molecule has 0 radical (unpaired) electrons. The maximum atomic E-state index is 12.4. The molecule has 21 heavy (non-hydrogen) atoms. The number of thiazole rings is 1. The number of nitrogens with two attached hydrogens (primary N) is 1. The summed E-state index contributed by atoms with van der Waals surface area (Å²) in [5.41, 5.74) is 6.44. The number of anilines is 1. The minimum absolute atomic E-state index is 0.208. The number of amides is 1. The van der Waals surface area contributed by atoms with E-state index < -0.39 is 6.04 Å². The van der Waals surface area contributed by atoms with E-state index in [2.05, 4.69) is 15.6 Å². The van der Waals surface area contributed by atoms with Crippen LogP contribution in [-0.4, -0.2) is 22.4 Å². The average Bonchev–Trinajstić information content (AvgIpc) is 3.05. The molecule has 1 unspecified atom stereocenters. The molecule has 0 bridgehead atoms. The third kappa shape index (κ3) is 3.78. The minimum atomic E-state index is -0.448. The third-order valence-corrected chi connectivity index (χ3v) is 5.01. The van der Waals surface area contributed by atoms with Crippen LogP contribution in [0.3, 0.4) is 0 Å². The lowest BCUT2D eigenvalue weighted by molar-refractivity contribution is 0.0950. The van der Waals surface area contributed by atoms with Crippen molar-refractivity contribution in [2.45, 2.75) is 19.9 Å². The largest absolute Gasteiger partial charge is 0.391 e. The third-order valence-electron chi connectivity index (χ3n) is 2.72. The summed E-state index contributed by atoms with van der Waals surface area (Å²) in [5.74, 6) is -0.208. The van der Waals surface area contributed by atoms with Crippen molar-refractivity contribution in [3.63, 3.8) is 0 Å². The molecule has 1 atom stereocenters. The molecular formula is C13H16N4OS3. The topological polar surface area (TPSA) is 80.0 Å². The number of aromatic nitrogens is 1. The second-order valence-electron chi connectivity index (χ2n) is 4.29. The molecule has 2 heterocycles. The van der Waals surface area contributed by atoms with E-state index in [4.69, 9.17) is 18.0 Å². The van der Waals surface area contributed by atoms with Crippen molar-refractivity contribution in [1.82, 2.24) is 10.3 Å². The summed E-state index contributed by atoms with van der Waals surface area (Å²) in [7, 11) is 0. The fourth-order valence-electron chi connectivity index (χ4n) is 1.77. The summed E-state index contributed by atoms with van der Waals surface area (Å²) in [6, 6.07) is 3.35. The molecule has 0 aliphatic carbocycles. The molecule has 8 heteroatoms. The molecule has 2 rings (SSSR count). The van der Waals surface area contributed by atoms with Crippen molar-refractivity contribution in [3.8, 4) is 0 Å². The predicted molar refractivity (Wildman–Crippen MR) is 92.3 cm³/mol. The van der Waals surface area contributed by atoms with Crippen LogP contribution in [0.25, 0.3) is 0 Å². The predicted octanol–water partition coefficient (Wildman–Crippen LogP) is 2.70. The van der Waals surface area contributed by atoms with E-state index >= 15 is 0 Å². The summed E-state index contributed by atoms with van der Waals surface area (Å²) in [6.07, 6.45) is 0. The van der Waals surface area contributed by atoms with Crippen molar-refractivity contribution in [3.05, 3.63) is 33.0 Å². The van der Waals surface area contributed by atoms with Crippen LogP contribution in [0.4, 0.5) is 5.13 Å². The van der Waals surface area contributed by atoms with Gasteiger partial charge in [0.25, 0.3) is 5.91 Å². The van der Waals surface area contributed by atoms with Gasteiger partial charge in [-0.05, 0) is 25.3 Å². The SMILES string of the molecule is CCNc1nc(C)c(C(=O)NC(C(N)=S)c2cccs2)s1. The van der Waals surface area contributed by atoms with Gasteiger partial charge in [-0.1, -0.05) is 29.6 Å². The van der Waals surface area contributed by atoms with Gasteiger partial charge >= 0.3 is 0 Å². The molecule has 0 aliphatic heterocycles. The average molecular weight is 340 g/mol. The lowest BCUT2D eigenvalue weighted by Crippen LogP contribution is -2.36. The van der Waals surface area contributed by atoms with Crippen LogP contribution in [0.2, 0.25) is 0 Å². The summed E-state index contributed by atoms with van der Waals surface area (Å²) in [6.45, 7) is 4.56. The highest BCUT2D eigenvalue weighted by Crippen LogP contribution is 2.24. The zero-order valence-electron chi connectivity index (χ0n) is 11.7. The molecule has 4 N–H and O–H groups in total. The Morgan fingerprint density at radius 3 is 2.90 bits per heavy atom. The number of nitrogens with zero attached hydrogens (tertiary/aromatic N) is 1. The Balaban J connectivity index is 2.18. The van der Waals surface area contributed by atoms with E-state index in [1.54, 1.807) is 0 Å². The highest BCUT2D eigenvalue weighted by molar-refractivity contribution is 7.80. The Bertz CT molecular complexity index is 636. The van der Waals surface area contributed by atoms with E-state index in [0.29, 0.717) is 10.6 Å². The Kier molecular flexibility index (Phi) is 5.27. The van der Waals surface area contributed by atoms with Gasteiger partial charge in [-0.15, -0.1) is 11.3 Å². The number of thiophene rings is 1. The van der Waals surface area contributed by atoms with E-state index in [-0.39, 0.29) is 10.9 Å². The number of rotatable bonds is 6. The molecule has 5 nitrogen and oxygen atoms in total. The zero-order valence-corrected chi connectivity index (χ0v) is 14.1. The quantitative estimate of drug-likeness (QED) is 0.705. The molecule has 0 aromatic carbocycles. The van der Waals surface area contributed by atoms with Gasteiger partial charge < -0.3 is 16.4 Å². The molecule has 0 spiro atoms. The lowest BCUT2D eigenvalue weighted by atomic mass is 10.2. The molecule has 0 saturated carbocycles. The van der Waals surface area contributed by atoms with Crippen molar-refractivity contribution >= 4 is 50.9 Å². The standard InChI is InChI=1S/C13H16N4OS3/c1-3-15-13-16-7(2)10(21-13)12(18)17-9(11(14)19)8-5-4-6-20-8/h4-6,9H,3H2,1-2H3,(H2,14,19)(H,15,16)(H,17,18). The lowest BCUT2D eigenvalue weighted by Gasteiger charge is -2.15. The Labute approximate surface area is 136 Å². The monoisotopic (exact) mass is 340 g/mol. The molecule has 0 saturated heterocycles. The molecule has 0 aliphatic rings. The van der Waals surface area contributed by atoms with Gasteiger partial charge in [0, 0.05) is 11.4 Å². The molecular weight excluding hydrogens is 324 g/mol. The van der Waals surface area contributed by atoms with Crippen LogP contribution in [0.15, 0.2) is 17.5 Å². The minimum Gasteiger partial charge on any atom is -0.391 e. The number of thiocarbonyl (C=S) groups is 1. The number of carbonyl (C=O) groups is 1. The van der Waals surface area contributed by atoms with Gasteiger partial charge in [0.05, 0.1) is 5.69 Å². The first-order valence-electron chi connectivity index (χ1n) is 6.37. The fraction of sp³-hybridized carbons (Fsp3) is 0.308. The van der Waals surface area contributed by atoms with Gasteiger partial charge in [0.15, 0.2) is 5.13 Å². The van der Waals surface area contributed by atoms with E-state index in [1.165, 1.54) is 22.7 Å². The fourth-order valence-corrected chi connectivity index (χ4v) is 3.76. The number of aryl methyl sites for hydroxylation is 1. The van der Waals surface area contributed by atoms with Crippen LogP contribution in [0, 0.1) is 6.92 Å². The van der Waals surface area contributed by atoms with E-state index in [1.807, 2.05) is 31.4 Å². The van der Waals surface area contributed by atoms with Gasteiger partial charge in [-0.2, -0.15) is 0 Å². The first kappa shape index (κ1) is 15.9. The van der Waals surface area contributed by atoms with Gasteiger partial charge in [-0.3, -0.25) is 4.79 Å². The molecule has 2 aromatic heterocycles. The molecule has 0 fully saturated rings. The van der Waals surface area contributed by atoms with Crippen LogP contribution >= 0.6 is 34.9 Å². The highest BCUT2D eigenvalue weighted by Gasteiger charge is 2.22. The first-order valence-corrected chi connectivity index (χ1v) is 8.48. The maximum absolute atomic E-state index is 12.4. The smallest absolute Gasteiger partial charge is 0.264 e. The summed E-state index contributed by atoms with van der Waals surface area (Å²) in [5, 5.41) is 8.65. The van der Waals surface area contributed by atoms with Crippen molar-refractivity contribution < 1.29 is 4.79 Å². The first-order chi connectivity index (χ1) is 10.0. The molecule has 2 aromatic rings. The number of hydrogen-bond acceptors (Lipinski definition) is 6. The van der Waals surface area contributed by atoms with E-state index in [9.17, 15) is 4.79 Å². The summed E-state index contributed by atoms with van der Waals surface area (Å²) in [4.78, 5) is 18.5. The van der Waals surface area contributed by atoms with Gasteiger partial charge in [0.2, 0.25) is 0 Å². The van der Waals surface area contributed by atoms with Crippen LogP contribution in [0.5, 0.6) is 0 Å². The molecule has 1 amide bonds. The number of nitrogens with one attached hydrogen (secondary N) is 2. The zero-order chi connectivity index (χ0) is 15.4. The van der Waals surface area contributed by atoms with Crippen LogP contribution in [0.1, 0.15) is 33.2 Å². The Morgan fingerprint density at radius 2 is 2.33 bits per heavy atom. The second kappa shape index (κ2) is 6.97. The van der Waals surface area contributed by atoms with Crippen molar-refractivity contribution in [2.75, 3.05) is 11.9 Å². The van der Waals surface area contributed by atoms with E-state index in [0.717, 1.165) is 16.6 Å². The van der Waals surface area contributed by atoms with Crippen LogP contribution < -0.4 is 16.4 Å². The Hall–Kier alpha value is -1.51.